The van der Waals surface area contributed by atoms with Gasteiger partial charge in [0.15, 0.2) is 0 Å². The summed E-state index contributed by atoms with van der Waals surface area (Å²) >= 11 is 0. The molecule has 0 spiro atoms. The van der Waals surface area contributed by atoms with Crippen molar-refractivity contribution in [2.45, 2.75) is 46.1 Å². The number of piperidine rings is 1. The molecule has 1 saturated heterocycles. The number of halogens is 1. The smallest absolute Gasteiger partial charge is 0.251 e. The Labute approximate surface area is 160 Å². The first-order chi connectivity index (χ1) is 11.9. The molecule has 1 amide bonds. The van der Waals surface area contributed by atoms with Crippen LogP contribution in [0.25, 0.3) is 11.4 Å². The van der Waals surface area contributed by atoms with Crippen LogP contribution in [-0.2, 0) is 6.42 Å². The number of nitrogens with one attached hydrogen (secondary N) is 2. The van der Waals surface area contributed by atoms with Gasteiger partial charge in [0.1, 0.15) is 0 Å². The average molecular weight is 379 g/mol. The van der Waals surface area contributed by atoms with Crippen molar-refractivity contribution in [3.63, 3.8) is 0 Å². The Morgan fingerprint density at radius 2 is 2.19 bits per heavy atom. The molecule has 1 fully saturated rings. The average Bonchev–Trinajstić information content (AvgIpc) is 3.02. The molecular weight excluding hydrogens is 352 g/mol. The molecule has 0 saturated carbocycles. The Morgan fingerprint density at radius 1 is 1.38 bits per heavy atom. The van der Waals surface area contributed by atoms with Crippen molar-refractivity contribution < 1.29 is 9.32 Å². The maximum Gasteiger partial charge on any atom is 0.251 e. The van der Waals surface area contributed by atoms with Gasteiger partial charge < -0.3 is 15.2 Å². The van der Waals surface area contributed by atoms with Gasteiger partial charge in [-0.1, -0.05) is 38.1 Å². The molecule has 0 aliphatic carbocycles. The quantitative estimate of drug-likeness (QED) is 0.853. The second-order valence-electron chi connectivity index (χ2n) is 7.85. The minimum atomic E-state index is -0.0611. The van der Waals surface area contributed by atoms with Gasteiger partial charge in [0.05, 0.1) is 0 Å². The molecule has 0 bridgehead atoms. The van der Waals surface area contributed by atoms with Crippen LogP contribution in [0.2, 0.25) is 0 Å². The summed E-state index contributed by atoms with van der Waals surface area (Å²) in [5.74, 6) is 1.08. The zero-order valence-electron chi connectivity index (χ0n) is 15.5. The third-order valence-electron chi connectivity index (χ3n) is 4.16. The molecule has 7 heteroatoms. The Kier molecular flexibility index (Phi) is 6.78. The predicted octanol–water partition coefficient (Wildman–Crippen LogP) is 3.23. The first-order valence-corrected chi connectivity index (χ1v) is 8.85. The van der Waals surface area contributed by atoms with E-state index in [0.29, 0.717) is 17.3 Å². The second kappa shape index (κ2) is 8.64. The highest BCUT2D eigenvalue weighted by atomic mass is 35.5. The van der Waals surface area contributed by atoms with Gasteiger partial charge in [-0.25, -0.2) is 0 Å². The van der Waals surface area contributed by atoms with Crippen LogP contribution in [-0.4, -0.2) is 35.2 Å². The van der Waals surface area contributed by atoms with E-state index in [1.54, 1.807) is 0 Å². The lowest BCUT2D eigenvalue weighted by Gasteiger charge is -2.23. The van der Waals surface area contributed by atoms with E-state index in [2.05, 4.69) is 41.5 Å². The minimum Gasteiger partial charge on any atom is -0.348 e. The molecule has 1 atom stereocenters. The summed E-state index contributed by atoms with van der Waals surface area (Å²) in [5, 5.41) is 10.4. The molecule has 2 N–H and O–H groups in total. The molecule has 0 radical (unpaired) electrons. The summed E-state index contributed by atoms with van der Waals surface area (Å²) < 4.78 is 5.35. The first-order valence-electron chi connectivity index (χ1n) is 8.85. The van der Waals surface area contributed by atoms with Crippen LogP contribution < -0.4 is 10.6 Å². The van der Waals surface area contributed by atoms with Gasteiger partial charge in [-0.15, -0.1) is 12.4 Å². The van der Waals surface area contributed by atoms with Crippen molar-refractivity contribution >= 4 is 18.3 Å². The first kappa shape index (κ1) is 20.4. The van der Waals surface area contributed by atoms with Crippen molar-refractivity contribution in [3.05, 3.63) is 35.7 Å². The summed E-state index contributed by atoms with van der Waals surface area (Å²) in [7, 11) is 0. The Bertz CT molecular complexity index is 733. The molecule has 2 aromatic rings. The minimum absolute atomic E-state index is 0. The van der Waals surface area contributed by atoms with E-state index in [1.807, 2.05) is 24.3 Å². The fraction of sp³-hybridized carbons (Fsp3) is 0.526. The predicted molar refractivity (Wildman–Crippen MR) is 103 cm³/mol. The number of amides is 1. The maximum atomic E-state index is 12.5. The third kappa shape index (κ3) is 5.54. The number of carbonyl (C=O) groups excluding carboxylic acids is 1. The molecular formula is C19H27ClN4O2. The second-order valence-corrected chi connectivity index (χ2v) is 7.85. The van der Waals surface area contributed by atoms with E-state index in [4.69, 9.17) is 4.52 Å². The molecule has 1 aromatic carbocycles. The van der Waals surface area contributed by atoms with Crippen LogP contribution in [0, 0.1) is 5.41 Å². The van der Waals surface area contributed by atoms with E-state index < -0.39 is 0 Å². The van der Waals surface area contributed by atoms with Crippen molar-refractivity contribution in [1.29, 1.82) is 0 Å². The van der Waals surface area contributed by atoms with Crippen molar-refractivity contribution in [1.82, 2.24) is 20.8 Å². The Morgan fingerprint density at radius 3 is 2.88 bits per heavy atom. The van der Waals surface area contributed by atoms with Crippen molar-refractivity contribution in [2.75, 3.05) is 13.1 Å². The van der Waals surface area contributed by atoms with Crippen LogP contribution in [0.3, 0.4) is 0 Å². The standard InChI is InChI=1S/C19H26N4O2.ClH/c1-19(2,3)11-16-22-17(23-25-16)13-6-4-7-14(10-13)18(24)21-15-8-5-9-20-12-15;/h4,6-7,10,15,20H,5,8-9,11-12H2,1-3H3,(H,21,24);1H/t15-;/m0./s1. The highest BCUT2D eigenvalue weighted by Gasteiger charge is 2.19. The van der Waals surface area contributed by atoms with E-state index >= 15 is 0 Å². The van der Waals surface area contributed by atoms with E-state index in [0.717, 1.165) is 37.9 Å². The normalized spacial score (nSPS) is 17.4. The Hall–Kier alpha value is -1.92. The van der Waals surface area contributed by atoms with Crippen LogP contribution in [0.1, 0.15) is 49.9 Å². The van der Waals surface area contributed by atoms with Crippen LogP contribution in [0.4, 0.5) is 0 Å². The van der Waals surface area contributed by atoms with Crippen LogP contribution in [0.5, 0.6) is 0 Å². The van der Waals surface area contributed by atoms with Crippen LogP contribution in [0.15, 0.2) is 28.8 Å². The van der Waals surface area contributed by atoms with Gasteiger partial charge in [-0.05, 0) is 36.9 Å². The van der Waals surface area contributed by atoms with Gasteiger partial charge in [0.2, 0.25) is 11.7 Å². The fourth-order valence-electron chi connectivity index (χ4n) is 2.94. The highest BCUT2D eigenvalue weighted by molar-refractivity contribution is 5.95. The van der Waals surface area contributed by atoms with Crippen molar-refractivity contribution in [2.24, 2.45) is 5.41 Å². The van der Waals surface area contributed by atoms with Crippen molar-refractivity contribution in [3.8, 4) is 11.4 Å². The molecule has 142 valence electrons. The molecule has 1 aromatic heterocycles. The molecule has 1 aliphatic rings. The lowest BCUT2D eigenvalue weighted by Crippen LogP contribution is -2.45. The number of nitrogens with zero attached hydrogens (tertiary/aromatic N) is 2. The topological polar surface area (TPSA) is 80.0 Å². The summed E-state index contributed by atoms with van der Waals surface area (Å²) in [6, 6.07) is 7.56. The Balaban J connectivity index is 0.00000243. The lowest BCUT2D eigenvalue weighted by molar-refractivity contribution is 0.0930. The van der Waals surface area contributed by atoms with Gasteiger partial charge >= 0.3 is 0 Å². The molecule has 3 rings (SSSR count). The zero-order valence-corrected chi connectivity index (χ0v) is 16.4. The van der Waals surface area contributed by atoms with E-state index in [-0.39, 0.29) is 29.8 Å². The molecule has 0 unspecified atom stereocenters. The van der Waals surface area contributed by atoms with Gasteiger partial charge in [-0.2, -0.15) is 4.98 Å². The van der Waals surface area contributed by atoms with Gasteiger partial charge in [0.25, 0.3) is 5.91 Å². The van der Waals surface area contributed by atoms with E-state index in [9.17, 15) is 4.79 Å². The molecule has 2 heterocycles. The molecule has 1 aliphatic heterocycles. The third-order valence-corrected chi connectivity index (χ3v) is 4.16. The molecule has 26 heavy (non-hydrogen) atoms. The number of hydrogen-bond acceptors (Lipinski definition) is 5. The number of hydrogen-bond donors (Lipinski definition) is 2. The number of aromatic nitrogens is 2. The van der Waals surface area contributed by atoms with E-state index in [1.165, 1.54) is 0 Å². The number of carbonyl (C=O) groups is 1. The fourth-order valence-corrected chi connectivity index (χ4v) is 2.94. The van der Waals surface area contributed by atoms with Gasteiger partial charge in [-0.3, -0.25) is 4.79 Å². The SMILES string of the molecule is CC(C)(C)Cc1nc(-c2cccc(C(=O)N[C@H]3CCCNC3)c2)no1.Cl. The van der Waals surface area contributed by atoms with Crippen LogP contribution >= 0.6 is 12.4 Å². The summed E-state index contributed by atoms with van der Waals surface area (Å²) in [5.41, 5.74) is 1.49. The zero-order chi connectivity index (χ0) is 17.9. The summed E-state index contributed by atoms with van der Waals surface area (Å²) in [4.78, 5) is 16.9. The van der Waals surface area contributed by atoms with Gasteiger partial charge in [0, 0.05) is 30.1 Å². The maximum absolute atomic E-state index is 12.5. The molecule has 6 nitrogen and oxygen atoms in total. The summed E-state index contributed by atoms with van der Waals surface area (Å²) in [6.07, 6.45) is 2.82. The monoisotopic (exact) mass is 378 g/mol. The highest BCUT2D eigenvalue weighted by Crippen LogP contribution is 2.22. The summed E-state index contributed by atoms with van der Waals surface area (Å²) in [6.45, 7) is 8.23. The largest absolute Gasteiger partial charge is 0.348 e. The lowest BCUT2D eigenvalue weighted by atomic mass is 9.92. The number of rotatable bonds is 4. The number of benzene rings is 1.